The molecule has 30 heavy (non-hydrogen) atoms. The van der Waals surface area contributed by atoms with Gasteiger partial charge in [-0.05, 0) is 31.2 Å². The summed E-state index contributed by atoms with van der Waals surface area (Å²) in [6.07, 6.45) is 1.70. The van der Waals surface area contributed by atoms with Crippen LogP contribution >= 0.6 is 0 Å². The van der Waals surface area contributed by atoms with E-state index >= 15 is 0 Å². The van der Waals surface area contributed by atoms with E-state index in [1.807, 2.05) is 38.2 Å². The van der Waals surface area contributed by atoms with Gasteiger partial charge in [0.05, 0.1) is 47.6 Å². The Morgan fingerprint density at radius 2 is 2.07 bits per heavy atom. The number of nitrogens with zero attached hydrogens (tertiary/aromatic N) is 5. The molecule has 1 amide bonds. The normalized spacial score (nSPS) is 16.0. The quantitative estimate of drug-likeness (QED) is 0.553. The standard InChI is InChI=1S/C22H22N6O2/c1-12-4-6-14-18(25-12)10-30-11-19(14)27(2)22(29)13-5-7-17-15(8-13)20-16(21(23)26-17)9-24-28(20)3/h4-9,19H,10-11H2,1-3H3,(H2,23,26). The third-order valence-electron chi connectivity index (χ3n) is 5.76. The number of pyridine rings is 2. The van der Waals surface area contributed by atoms with Crippen molar-refractivity contribution in [1.29, 1.82) is 0 Å². The van der Waals surface area contributed by atoms with Gasteiger partial charge in [0.25, 0.3) is 5.91 Å². The molecular weight excluding hydrogens is 380 g/mol. The third-order valence-corrected chi connectivity index (χ3v) is 5.76. The van der Waals surface area contributed by atoms with Gasteiger partial charge >= 0.3 is 0 Å². The molecular formula is C22H22N6O2. The number of hydrogen-bond donors (Lipinski definition) is 1. The van der Waals surface area contributed by atoms with E-state index in [1.54, 1.807) is 28.9 Å². The third kappa shape index (κ3) is 2.80. The maximum Gasteiger partial charge on any atom is 0.254 e. The Hall–Kier alpha value is -3.52. The van der Waals surface area contributed by atoms with Crippen molar-refractivity contribution in [3.05, 3.63) is 59.0 Å². The summed E-state index contributed by atoms with van der Waals surface area (Å²) in [6.45, 7) is 2.86. The first-order valence-corrected chi connectivity index (χ1v) is 9.76. The number of likely N-dealkylation sites (N-methyl/N-ethyl adjacent to an activating group) is 1. The number of amides is 1. The van der Waals surface area contributed by atoms with Crippen molar-refractivity contribution in [2.45, 2.75) is 19.6 Å². The minimum Gasteiger partial charge on any atom is -0.383 e. The lowest BCUT2D eigenvalue weighted by Crippen LogP contribution is -2.36. The Balaban J connectivity index is 1.56. The zero-order chi connectivity index (χ0) is 21.0. The maximum absolute atomic E-state index is 13.4. The molecule has 0 saturated carbocycles. The second-order valence-electron chi connectivity index (χ2n) is 7.69. The molecule has 1 aliphatic rings. The second-order valence-corrected chi connectivity index (χ2v) is 7.69. The summed E-state index contributed by atoms with van der Waals surface area (Å²) in [7, 11) is 3.66. The number of benzene rings is 1. The molecule has 1 aromatic carbocycles. The van der Waals surface area contributed by atoms with E-state index < -0.39 is 0 Å². The molecule has 1 unspecified atom stereocenters. The summed E-state index contributed by atoms with van der Waals surface area (Å²) < 4.78 is 7.48. The smallest absolute Gasteiger partial charge is 0.254 e. The average Bonchev–Trinajstić information content (AvgIpc) is 3.14. The van der Waals surface area contributed by atoms with Crippen molar-refractivity contribution in [2.75, 3.05) is 19.4 Å². The van der Waals surface area contributed by atoms with Crippen molar-refractivity contribution < 1.29 is 9.53 Å². The van der Waals surface area contributed by atoms with Crippen LogP contribution in [0.4, 0.5) is 5.82 Å². The number of rotatable bonds is 2. The highest BCUT2D eigenvalue weighted by molar-refractivity contribution is 6.10. The molecule has 4 aromatic rings. The molecule has 1 atom stereocenters. The molecule has 8 nitrogen and oxygen atoms in total. The molecule has 3 aromatic heterocycles. The summed E-state index contributed by atoms with van der Waals surface area (Å²) in [6, 6.07) is 9.30. The lowest BCUT2D eigenvalue weighted by Gasteiger charge is -2.33. The minimum absolute atomic E-state index is 0.0916. The first kappa shape index (κ1) is 18.5. The van der Waals surface area contributed by atoms with Gasteiger partial charge in [-0.3, -0.25) is 14.5 Å². The van der Waals surface area contributed by atoms with Crippen LogP contribution in [0.2, 0.25) is 0 Å². The van der Waals surface area contributed by atoms with Crippen molar-refractivity contribution >= 4 is 33.5 Å². The Labute approximate surface area is 173 Å². The fourth-order valence-electron chi connectivity index (χ4n) is 4.15. The number of hydrogen-bond acceptors (Lipinski definition) is 6. The van der Waals surface area contributed by atoms with Crippen LogP contribution in [0.5, 0.6) is 0 Å². The fourth-order valence-corrected chi connectivity index (χ4v) is 4.15. The Morgan fingerprint density at radius 1 is 1.23 bits per heavy atom. The number of anilines is 1. The molecule has 5 rings (SSSR count). The summed E-state index contributed by atoms with van der Waals surface area (Å²) in [5.74, 6) is 0.339. The number of carbonyl (C=O) groups is 1. The summed E-state index contributed by atoms with van der Waals surface area (Å²) in [5.41, 5.74) is 11.1. The van der Waals surface area contributed by atoms with E-state index in [0.29, 0.717) is 24.6 Å². The van der Waals surface area contributed by atoms with Crippen molar-refractivity contribution in [3.63, 3.8) is 0 Å². The van der Waals surface area contributed by atoms with Crippen molar-refractivity contribution in [3.8, 4) is 0 Å². The van der Waals surface area contributed by atoms with Gasteiger partial charge in [-0.25, -0.2) is 4.98 Å². The molecule has 0 saturated heterocycles. The van der Waals surface area contributed by atoms with E-state index in [-0.39, 0.29) is 11.9 Å². The molecule has 0 radical (unpaired) electrons. The Morgan fingerprint density at radius 3 is 2.90 bits per heavy atom. The number of ether oxygens (including phenoxy) is 1. The zero-order valence-corrected chi connectivity index (χ0v) is 17.1. The van der Waals surface area contributed by atoms with Crippen LogP contribution in [0.3, 0.4) is 0 Å². The van der Waals surface area contributed by atoms with Crippen LogP contribution in [0, 0.1) is 6.92 Å². The predicted molar refractivity (Wildman–Crippen MR) is 114 cm³/mol. The van der Waals surface area contributed by atoms with Crippen molar-refractivity contribution in [2.24, 2.45) is 7.05 Å². The van der Waals surface area contributed by atoms with E-state index in [2.05, 4.69) is 15.1 Å². The van der Waals surface area contributed by atoms with Gasteiger partial charge in [-0.1, -0.05) is 6.07 Å². The fraction of sp³-hybridized carbons (Fsp3) is 0.273. The monoisotopic (exact) mass is 402 g/mol. The van der Waals surface area contributed by atoms with Crippen LogP contribution < -0.4 is 5.73 Å². The van der Waals surface area contributed by atoms with E-state index in [9.17, 15) is 4.79 Å². The lowest BCUT2D eigenvalue weighted by molar-refractivity contribution is 0.0329. The highest BCUT2D eigenvalue weighted by Crippen LogP contribution is 2.31. The summed E-state index contributed by atoms with van der Waals surface area (Å²) in [4.78, 5) is 24.1. The van der Waals surface area contributed by atoms with E-state index in [1.165, 1.54) is 0 Å². The molecule has 0 fully saturated rings. The van der Waals surface area contributed by atoms with Gasteiger partial charge in [-0.15, -0.1) is 0 Å². The van der Waals surface area contributed by atoms with Crippen LogP contribution in [0.1, 0.15) is 33.4 Å². The molecule has 4 heterocycles. The van der Waals surface area contributed by atoms with Gasteiger partial charge in [0.15, 0.2) is 0 Å². The first-order valence-electron chi connectivity index (χ1n) is 9.76. The number of aryl methyl sites for hydroxylation is 2. The largest absolute Gasteiger partial charge is 0.383 e. The number of nitrogen functional groups attached to an aromatic ring is 1. The molecule has 0 bridgehead atoms. The first-order chi connectivity index (χ1) is 14.4. The predicted octanol–water partition coefficient (Wildman–Crippen LogP) is 2.75. The number of nitrogens with two attached hydrogens (primary N) is 1. The lowest BCUT2D eigenvalue weighted by atomic mass is 10.0. The molecule has 2 N–H and O–H groups in total. The van der Waals surface area contributed by atoms with Crippen molar-refractivity contribution in [1.82, 2.24) is 24.6 Å². The topological polar surface area (TPSA) is 99.2 Å². The van der Waals surface area contributed by atoms with E-state index in [4.69, 9.17) is 10.5 Å². The van der Waals surface area contributed by atoms with Gasteiger partial charge in [0, 0.05) is 36.3 Å². The number of aromatic nitrogens is 4. The van der Waals surface area contributed by atoms with Crippen LogP contribution in [-0.4, -0.2) is 44.2 Å². The van der Waals surface area contributed by atoms with Crippen LogP contribution in [0.15, 0.2) is 36.5 Å². The Kier molecular flexibility index (Phi) is 4.18. The highest BCUT2D eigenvalue weighted by Gasteiger charge is 2.29. The molecule has 152 valence electrons. The number of carbonyl (C=O) groups excluding carboxylic acids is 1. The second kappa shape index (κ2) is 6.77. The van der Waals surface area contributed by atoms with E-state index in [0.717, 1.165) is 38.8 Å². The summed E-state index contributed by atoms with van der Waals surface area (Å²) >= 11 is 0. The van der Waals surface area contributed by atoms with Gasteiger partial charge < -0.3 is 15.4 Å². The van der Waals surface area contributed by atoms with Crippen LogP contribution in [0.25, 0.3) is 21.8 Å². The molecule has 8 heteroatoms. The molecule has 0 aliphatic carbocycles. The minimum atomic E-state index is -0.189. The molecule has 1 aliphatic heterocycles. The zero-order valence-electron chi connectivity index (χ0n) is 17.1. The average molecular weight is 402 g/mol. The van der Waals surface area contributed by atoms with Crippen LogP contribution in [-0.2, 0) is 18.4 Å². The van der Waals surface area contributed by atoms with Gasteiger partial charge in [0.2, 0.25) is 0 Å². The molecule has 0 spiro atoms. The van der Waals surface area contributed by atoms with Gasteiger partial charge in [0.1, 0.15) is 5.82 Å². The summed E-state index contributed by atoms with van der Waals surface area (Å²) in [5, 5.41) is 5.92. The van der Waals surface area contributed by atoms with Gasteiger partial charge in [-0.2, -0.15) is 5.10 Å². The Bertz CT molecular complexity index is 1310. The number of fused-ring (bicyclic) bond motifs is 4. The highest BCUT2D eigenvalue weighted by atomic mass is 16.5. The maximum atomic E-state index is 13.4. The SMILES string of the molecule is Cc1ccc2c(n1)COCC2N(C)C(=O)c1ccc2nc(N)c3cnn(C)c3c2c1.